The van der Waals surface area contributed by atoms with Gasteiger partial charge in [0.1, 0.15) is 11.6 Å². The number of methoxy groups -OCH3 is 1. The van der Waals surface area contributed by atoms with Crippen LogP contribution in [0.15, 0.2) is 57.9 Å². The Morgan fingerprint density at radius 1 is 1.07 bits per heavy atom. The van der Waals surface area contributed by atoms with Crippen molar-refractivity contribution in [3.05, 3.63) is 60.2 Å². The van der Waals surface area contributed by atoms with Crippen molar-refractivity contribution in [2.24, 2.45) is 0 Å². The van der Waals surface area contributed by atoms with Crippen molar-refractivity contribution in [2.45, 2.75) is 23.7 Å². The van der Waals surface area contributed by atoms with Gasteiger partial charge >= 0.3 is 0 Å². The Labute approximate surface area is 168 Å². The molecule has 1 aliphatic rings. The van der Waals surface area contributed by atoms with Crippen molar-refractivity contribution >= 4 is 10.0 Å². The highest BCUT2D eigenvalue weighted by Gasteiger charge is 2.32. The third kappa shape index (κ3) is 4.01. The number of aromatic nitrogens is 2. The lowest BCUT2D eigenvalue weighted by atomic mass is 9.98. The Morgan fingerprint density at radius 2 is 1.72 bits per heavy atom. The zero-order valence-corrected chi connectivity index (χ0v) is 16.6. The van der Waals surface area contributed by atoms with Gasteiger partial charge in [-0.15, -0.1) is 0 Å². The Kier molecular flexibility index (Phi) is 5.33. The highest BCUT2D eigenvalue weighted by atomic mass is 32.2. The van der Waals surface area contributed by atoms with Crippen LogP contribution in [0.1, 0.15) is 24.7 Å². The molecule has 1 aromatic heterocycles. The predicted octanol–water partition coefficient (Wildman–Crippen LogP) is 3.45. The Bertz CT molecular complexity index is 1070. The molecule has 0 atom stereocenters. The summed E-state index contributed by atoms with van der Waals surface area (Å²) in [6.45, 7) is 0.737. The van der Waals surface area contributed by atoms with Crippen LogP contribution in [0.25, 0.3) is 11.4 Å². The molecule has 0 aliphatic carbocycles. The first kappa shape index (κ1) is 19.5. The van der Waals surface area contributed by atoms with E-state index in [4.69, 9.17) is 9.26 Å². The van der Waals surface area contributed by atoms with Crippen molar-refractivity contribution < 1.29 is 22.1 Å². The molecular weight excluding hydrogens is 397 g/mol. The van der Waals surface area contributed by atoms with Gasteiger partial charge in [0.15, 0.2) is 0 Å². The van der Waals surface area contributed by atoms with Crippen molar-refractivity contribution in [1.29, 1.82) is 0 Å². The highest BCUT2D eigenvalue weighted by Crippen LogP contribution is 2.31. The van der Waals surface area contributed by atoms with Gasteiger partial charge in [-0.1, -0.05) is 5.16 Å². The van der Waals surface area contributed by atoms with Crippen molar-refractivity contribution in [2.75, 3.05) is 20.2 Å². The minimum Gasteiger partial charge on any atom is -0.497 e. The number of sulfonamides is 1. The van der Waals surface area contributed by atoms with E-state index < -0.39 is 10.0 Å². The smallest absolute Gasteiger partial charge is 0.243 e. The van der Waals surface area contributed by atoms with E-state index in [2.05, 4.69) is 10.1 Å². The van der Waals surface area contributed by atoms with Crippen LogP contribution in [0, 0.1) is 5.82 Å². The molecule has 29 heavy (non-hydrogen) atoms. The lowest BCUT2D eigenvalue weighted by Crippen LogP contribution is -2.37. The highest BCUT2D eigenvalue weighted by molar-refractivity contribution is 7.89. The summed E-state index contributed by atoms with van der Waals surface area (Å²) in [5.41, 5.74) is 0.668. The fourth-order valence-corrected chi connectivity index (χ4v) is 4.83. The van der Waals surface area contributed by atoms with E-state index >= 15 is 0 Å². The van der Waals surface area contributed by atoms with Gasteiger partial charge in [0.2, 0.25) is 21.7 Å². The average molecular weight is 417 g/mol. The molecule has 9 heteroatoms. The van der Waals surface area contributed by atoms with Gasteiger partial charge in [0.25, 0.3) is 0 Å². The van der Waals surface area contributed by atoms with Crippen molar-refractivity contribution in [3.63, 3.8) is 0 Å². The minimum absolute atomic E-state index is 0.0148. The minimum atomic E-state index is -3.56. The number of piperidine rings is 1. The van der Waals surface area contributed by atoms with Crippen LogP contribution in [0.5, 0.6) is 5.75 Å². The molecule has 3 aromatic rings. The summed E-state index contributed by atoms with van der Waals surface area (Å²) in [6, 6.07) is 12.2. The van der Waals surface area contributed by atoms with Crippen LogP contribution in [0.2, 0.25) is 0 Å². The molecule has 0 amide bonds. The second kappa shape index (κ2) is 7.92. The molecular formula is C20H20FN3O4S. The van der Waals surface area contributed by atoms with Crippen LogP contribution in [0.4, 0.5) is 4.39 Å². The van der Waals surface area contributed by atoms with Crippen LogP contribution in [-0.2, 0) is 10.0 Å². The van der Waals surface area contributed by atoms with Crippen LogP contribution >= 0.6 is 0 Å². The second-order valence-electron chi connectivity index (χ2n) is 6.82. The maximum atomic E-state index is 13.1. The van der Waals surface area contributed by atoms with E-state index in [9.17, 15) is 12.8 Å². The third-order valence-corrected chi connectivity index (χ3v) is 6.96. The molecule has 0 N–H and O–H groups in total. The first-order valence-corrected chi connectivity index (χ1v) is 10.6. The molecule has 2 heterocycles. The van der Waals surface area contributed by atoms with Crippen molar-refractivity contribution in [1.82, 2.24) is 14.4 Å². The zero-order chi connectivity index (χ0) is 20.4. The van der Waals surface area contributed by atoms with Gasteiger partial charge in [-0.2, -0.15) is 9.29 Å². The van der Waals surface area contributed by atoms with Crippen molar-refractivity contribution in [3.8, 4) is 17.1 Å². The topological polar surface area (TPSA) is 85.5 Å². The van der Waals surface area contributed by atoms with Gasteiger partial charge in [-0.05, 0) is 61.4 Å². The molecule has 7 nitrogen and oxygen atoms in total. The summed E-state index contributed by atoms with van der Waals surface area (Å²) < 4.78 is 50.7. The molecule has 152 valence electrons. The maximum absolute atomic E-state index is 13.1. The lowest BCUT2D eigenvalue weighted by molar-refractivity contribution is 0.271. The zero-order valence-electron chi connectivity index (χ0n) is 15.8. The van der Waals surface area contributed by atoms with Gasteiger partial charge in [-0.3, -0.25) is 0 Å². The maximum Gasteiger partial charge on any atom is 0.243 e. The molecule has 0 radical (unpaired) electrons. The molecule has 4 rings (SSSR count). The summed E-state index contributed by atoms with van der Waals surface area (Å²) in [7, 11) is -2.02. The van der Waals surface area contributed by atoms with Gasteiger partial charge in [0.05, 0.1) is 12.0 Å². The summed E-state index contributed by atoms with van der Waals surface area (Å²) in [5.74, 6) is 1.14. The van der Waals surface area contributed by atoms with E-state index in [1.165, 1.54) is 23.5 Å². The normalized spacial score (nSPS) is 16.1. The molecule has 2 aromatic carbocycles. The second-order valence-corrected chi connectivity index (χ2v) is 8.75. The summed E-state index contributed by atoms with van der Waals surface area (Å²) >= 11 is 0. The van der Waals surface area contributed by atoms with E-state index in [1.54, 1.807) is 36.4 Å². The molecule has 0 spiro atoms. The fraction of sp³-hybridized carbons (Fsp3) is 0.300. The standard InChI is InChI=1S/C20H20FN3O4S/c1-27-17-6-8-18(9-7-17)29(25,26)24-12-10-15(11-13-24)20-22-19(23-28-20)14-2-4-16(21)5-3-14/h2-9,15H,10-13H2,1H3. The average Bonchev–Trinajstić information content (AvgIpc) is 3.24. The summed E-state index contributed by atoms with van der Waals surface area (Å²) in [5, 5.41) is 3.97. The van der Waals surface area contributed by atoms with Crippen LogP contribution < -0.4 is 4.74 Å². The largest absolute Gasteiger partial charge is 0.497 e. The molecule has 0 bridgehead atoms. The van der Waals surface area contributed by atoms with Crippen LogP contribution in [0.3, 0.4) is 0 Å². The Morgan fingerprint density at radius 3 is 2.34 bits per heavy atom. The molecule has 0 saturated carbocycles. The van der Waals surface area contributed by atoms with Crippen LogP contribution in [-0.4, -0.2) is 43.1 Å². The van der Waals surface area contributed by atoms with Gasteiger partial charge in [0, 0.05) is 24.6 Å². The molecule has 0 unspecified atom stereocenters. The van der Waals surface area contributed by atoms with E-state index in [1.807, 2.05) is 0 Å². The molecule has 1 fully saturated rings. The predicted molar refractivity (Wildman–Crippen MR) is 103 cm³/mol. The summed E-state index contributed by atoms with van der Waals surface area (Å²) in [6.07, 6.45) is 1.17. The Balaban J connectivity index is 1.43. The number of hydrogen-bond donors (Lipinski definition) is 0. The van der Waals surface area contributed by atoms with E-state index in [0.29, 0.717) is 49.0 Å². The summed E-state index contributed by atoms with van der Waals surface area (Å²) in [4.78, 5) is 4.66. The number of rotatable bonds is 5. The first-order valence-electron chi connectivity index (χ1n) is 9.21. The SMILES string of the molecule is COc1ccc(S(=O)(=O)N2CCC(c3nc(-c4ccc(F)cc4)no3)CC2)cc1. The first-order chi connectivity index (χ1) is 14.0. The number of ether oxygens (including phenoxy) is 1. The Hall–Kier alpha value is -2.78. The lowest BCUT2D eigenvalue weighted by Gasteiger charge is -2.29. The van der Waals surface area contributed by atoms with E-state index in [-0.39, 0.29) is 16.6 Å². The fourth-order valence-electron chi connectivity index (χ4n) is 3.36. The monoisotopic (exact) mass is 417 g/mol. The number of benzene rings is 2. The number of nitrogens with zero attached hydrogens (tertiary/aromatic N) is 3. The number of halogens is 1. The number of hydrogen-bond acceptors (Lipinski definition) is 6. The van der Waals surface area contributed by atoms with Gasteiger partial charge < -0.3 is 9.26 Å². The molecule has 1 saturated heterocycles. The van der Waals surface area contributed by atoms with Gasteiger partial charge in [-0.25, -0.2) is 12.8 Å². The quantitative estimate of drug-likeness (QED) is 0.632. The molecule has 1 aliphatic heterocycles. The van der Waals surface area contributed by atoms with E-state index in [0.717, 1.165) is 0 Å². The third-order valence-electron chi connectivity index (χ3n) is 5.04.